The molecule has 1 fully saturated rings. The minimum absolute atomic E-state index is 0.508. The highest BCUT2D eigenvalue weighted by Gasteiger charge is 2.30. The topological polar surface area (TPSA) is 42.3 Å². The van der Waals surface area contributed by atoms with Gasteiger partial charge in [-0.2, -0.15) is 5.10 Å². The summed E-state index contributed by atoms with van der Waals surface area (Å²) in [5.74, 6) is 1.45. The molecule has 2 atom stereocenters. The lowest BCUT2D eigenvalue weighted by Crippen LogP contribution is -2.36. The summed E-state index contributed by atoms with van der Waals surface area (Å²) >= 11 is 0. The van der Waals surface area contributed by atoms with E-state index in [-0.39, 0.29) is 0 Å². The summed E-state index contributed by atoms with van der Waals surface area (Å²) < 4.78 is 7.69. The van der Waals surface area contributed by atoms with E-state index in [4.69, 9.17) is 4.74 Å². The number of aromatic nitrogens is 2. The zero-order valence-electron chi connectivity index (χ0n) is 13.2. The molecule has 5 nitrogen and oxygen atoms in total. The van der Waals surface area contributed by atoms with Gasteiger partial charge in [-0.25, -0.2) is 0 Å². The van der Waals surface area contributed by atoms with Crippen molar-refractivity contribution in [3.8, 4) is 5.75 Å². The highest BCUT2D eigenvalue weighted by Crippen LogP contribution is 2.37. The molecule has 0 spiro atoms. The third-order valence-corrected chi connectivity index (χ3v) is 4.31. The first-order valence-electron chi connectivity index (χ1n) is 7.59. The Morgan fingerprint density at radius 1 is 1.40 bits per heavy atom. The van der Waals surface area contributed by atoms with E-state index in [9.17, 15) is 0 Å². The van der Waals surface area contributed by atoms with Crippen LogP contribution in [0.25, 0.3) is 0 Å². The Morgan fingerprint density at radius 3 is 2.80 bits per heavy atom. The number of nitrogens with one attached hydrogen (secondary N) is 1. The quantitative estimate of drug-likeness (QED) is 0.861. The van der Waals surface area contributed by atoms with Crippen LogP contribution in [0.3, 0.4) is 0 Å². The van der Waals surface area contributed by atoms with E-state index >= 15 is 0 Å². The van der Waals surface area contributed by atoms with Gasteiger partial charge < -0.3 is 15.0 Å². The lowest BCUT2D eigenvalue weighted by molar-refractivity contribution is 0.306. The van der Waals surface area contributed by atoms with Crippen LogP contribution in [0.1, 0.15) is 37.3 Å². The minimum atomic E-state index is 0.508. The first kappa shape index (κ1) is 15.3. The predicted octanol–water partition coefficient (Wildman–Crippen LogP) is 1.70. The number of nitrogens with zero attached hydrogens (tertiary/aromatic N) is 3. The molecule has 1 aromatic rings. The SMILES string of the molecule is CNC1CCCCC1c1c(OC)cnn1CCN(C)C. The molecular weight excluding hydrogens is 252 g/mol. The molecule has 2 rings (SSSR count). The fourth-order valence-electron chi connectivity index (χ4n) is 3.19. The molecule has 20 heavy (non-hydrogen) atoms. The standard InChI is InChI=1S/C15H28N4O/c1-16-13-8-6-5-7-12(13)15-14(20-4)11-17-19(15)10-9-18(2)3/h11-13,16H,5-10H2,1-4H3. The second kappa shape index (κ2) is 7.09. The van der Waals surface area contributed by atoms with E-state index in [1.54, 1.807) is 7.11 Å². The average Bonchev–Trinajstić information content (AvgIpc) is 2.87. The molecule has 114 valence electrons. The lowest BCUT2D eigenvalue weighted by Gasteiger charge is -2.32. The van der Waals surface area contributed by atoms with Crippen molar-refractivity contribution in [1.82, 2.24) is 20.0 Å². The number of methoxy groups -OCH3 is 1. The van der Waals surface area contributed by atoms with Crippen LogP contribution in [0.5, 0.6) is 5.75 Å². The van der Waals surface area contributed by atoms with Gasteiger partial charge in [0.1, 0.15) is 0 Å². The molecule has 1 aliphatic rings. The van der Waals surface area contributed by atoms with Crippen molar-refractivity contribution in [2.75, 3.05) is 34.8 Å². The van der Waals surface area contributed by atoms with Gasteiger partial charge in [-0.05, 0) is 34.0 Å². The molecule has 0 saturated heterocycles. The van der Waals surface area contributed by atoms with Crippen LogP contribution in [0.2, 0.25) is 0 Å². The van der Waals surface area contributed by atoms with E-state index in [1.807, 2.05) is 6.20 Å². The maximum Gasteiger partial charge on any atom is 0.160 e. The number of likely N-dealkylation sites (N-methyl/N-ethyl adjacent to an activating group) is 2. The van der Waals surface area contributed by atoms with Gasteiger partial charge in [0.05, 0.1) is 25.5 Å². The third-order valence-electron chi connectivity index (χ3n) is 4.31. The van der Waals surface area contributed by atoms with E-state index in [2.05, 4.69) is 41.1 Å². The average molecular weight is 280 g/mol. The third kappa shape index (κ3) is 3.33. The molecule has 2 unspecified atom stereocenters. The van der Waals surface area contributed by atoms with E-state index in [0.717, 1.165) is 18.8 Å². The van der Waals surface area contributed by atoms with Crippen LogP contribution < -0.4 is 10.1 Å². The molecule has 0 aliphatic heterocycles. The van der Waals surface area contributed by atoms with Gasteiger partial charge in [0.25, 0.3) is 0 Å². The van der Waals surface area contributed by atoms with Crippen LogP contribution in [-0.2, 0) is 6.54 Å². The molecule has 0 amide bonds. The second-order valence-electron chi connectivity index (χ2n) is 5.91. The second-order valence-corrected chi connectivity index (χ2v) is 5.91. The molecule has 1 N–H and O–H groups in total. The van der Waals surface area contributed by atoms with Gasteiger partial charge in [0.15, 0.2) is 5.75 Å². The summed E-state index contributed by atoms with van der Waals surface area (Å²) in [6.45, 7) is 1.91. The molecular formula is C15H28N4O. The molecule has 1 heterocycles. The molecule has 1 aliphatic carbocycles. The van der Waals surface area contributed by atoms with Gasteiger partial charge in [-0.1, -0.05) is 12.8 Å². The molecule has 5 heteroatoms. The van der Waals surface area contributed by atoms with Gasteiger partial charge >= 0.3 is 0 Å². The molecule has 1 aromatic heterocycles. The molecule has 1 saturated carbocycles. The summed E-state index contributed by atoms with van der Waals surface area (Å²) in [5.41, 5.74) is 1.27. The van der Waals surface area contributed by atoms with Gasteiger partial charge in [-0.3, -0.25) is 4.68 Å². The largest absolute Gasteiger partial charge is 0.493 e. The fourth-order valence-corrected chi connectivity index (χ4v) is 3.19. The maximum absolute atomic E-state index is 5.55. The summed E-state index contributed by atoms with van der Waals surface area (Å²) in [6, 6.07) is 0.535. The Bertz CT molecular complexity index is 416. The highest BCUT2D eigenvalue weighted by molar-refractivity contribution is 5.30. The van der Waals surface area contributed by atoms with Crippen molar-refractivity contribution in [3.05, 3.63) is 11.9 Å². The van der Waals surface area contributed by atoms with Crippen LogP contribution in [0.15, 0.2) is 6.20 Å². The highest BCUT2D eigenvalue weighted by atomic mass is 16.5. The Morgan fingerprint density at radius 2 is 2.15 bits per heavy atom. The Balaban J connectivity index is 2.24. The number of hydrogen-bond acceptors (Lipinski definition) is 4. The first-order chi connectivity index (χ1) is 9.67. The smallest absolute Gasteiger partial charge is 0.160 e. The van der Waals surface area contributed by atoms with Gasteiger partial charge in [0, 0.05) is 18.5 Å². The van der Waals surface area contributed by atoms with Gasteiger partial charge in [0.2, 0.25) is 0 Å². The van der Waals surface area contributed by atoms with Crippen LogP contribution in [-0.4, -0.2) is 55.5 Å². The first-order valence-corrected chi connectivity index (χ1v) is 7.59. The zero-order valence-corrected chi connectivity index (χ0v) is 13.2. The van der Waals surface area contributed by atoms with Crippen molar-refractivity contribution in [1.29, 1.82) is 0 Å². The van der Waals surface area contributed by atoms with Crippen molar-refractivity contribution in [3.63, 3.8) is 0 Å². The van der Waals surface area contributed by atoms with E-state index in [1.165, 1.54) is 31.4 Å². The van der Waals surface area contributed by atoms with Crippen LogP contribution in [0, 0.1) is 0 Å². The van der Waals surface area contributed by atoms with Crippen molar-refractivity contribution in [2.45, 2.75) is 44.2 Å². The van der Waals surface area contributed by atoms with Crippen molar-refractivity contribution in [2.24, 2.45) is 0 Å². The summed E-state index contributed by atoms with van der Waals surface area (Å²) in [5, 5.41) is 8.02. The van der Waals surface area contributed by atoms with Gasteiger partial charge in [-0.15, -0.1) is 0 Å². The minimum Gasteiger partial charge on any atom is -0.493 e. The lowest BCUT2D eigenvalue weighted by atomic mass is 9.82. The monoisotopic (exact) mass is 280 g/mol. The van der Waals surface area contributed by atoms with Crippen LogP contribution >= 0.6 is 0 Å². The number of rotatable bonds is 6. The zero-order chi connectivity index (χ0) is 14.5. The maximum atomic E-state index is 5.55. The molecule has 0 bridgehead atoms. The number of hydrogen-bond donors (Lipinski definition) is 1. The fraction of sp³-hybridized carbons (Fsp3) is 0.800. The van der Waals surface area contributed by atoms with Crippen molar-refractivity contribution < 1.29 is 4.74 Å². The van der Waals surface area contributed by atoms with E-state index in [0.29, 0.717) is 12.0 Å². The van der Waals surface area contributed by atoms with Crippen LogP contribution in [0.4, 0.5) is 0 Å². The van der Waals surface area contributed by atoms with Crippen molar-refractivity contribution >= 4 is 0 Å². The summed E-state index contributed by atoms with van der Waals surface area (Å²) in [4.78, 5) is 2.19. The Labute approximate surface area is 122 Å². The molecule has 0 radical (unpaired) electrons. The summed E-state index contributed by atoms with van der Waals surface area (Å²) in [6.07, 6.45) is 6.94. The normalized spacial score (nSPS) is 23.2. The Hall–Kier alpha value is -1.07. The number of ether oxygens (including phenoxy) is 1. The summed E-state index contributed by atoms with van der Waals surface area (Å²) in [7, 11) is 8.00. The Kier molecular flexibility index (Phi) is 5.43. The van der Waals surface area contributed by atoms with E-state index < -0.39 is 0 Å². The predicted molar refractivity (Wildman–Crippen MR) is 81.4 cm³/mol. The molecule has 0 aromatic carbocycles.